The van der Waals surface area contributed by atoms with Crippen LogP contribution in [0.25, 0.3) is 0 Å². The number of nitrogens with one attached hydrogen (secondary N) is 2. The fourth-order valence-electron chi connectivity index (χ4n) is 2.63. The third-order valence-electron chi connectivity index (χ3n) is 3.61. The average molecular weight is 255 g/mol. The Morgan fingerprint density at radius 3 is 2.89 bits per heavy atom. The van der Waals surface area contributed by atoms with E-state index in [0.717, 1.165) is 19.4 Å². The maximum absolute atomic E-state index is 12.3. The van der Waals surface area contributed by atoms with Gasteiger partial charge in [0.15, 0.2) is 0 Å². The largest absolute Gasteiger partial charge is 0.395 e. The lowest BCUT2D eigenvalue weighted by Gasteiger charge is -2.27. The van der Waals surface area contributed by atoms with Gasteiger partial charge >= 0.3 is 0 Å². The van der Waals surface area contributed by atoms with Crippen LogP contribution in [0.3, 0.4) is 0 Å². The van der Waals surface area contributed by atoms with E-state index in [4.69, 9.17) is 5.11 Å². The molecule has 0 aromatic carbocycles. The standard InChI is InChI=1S/C12H21N3O3/c16-5-4-15(8-10-2-1-3-13-10)12(18)9-6-11(17)14-7-9/h9-10,13,16H,1-8H2,(H,14,17). The van der Waals surface area contributed by atoms with E-state index in [1.54, 1.807) is 4.90 Å². The summed E-state index contributed by atoms with van der Waals surface area (Å²) < 4.78 is 0. The predicted octanol–water partition coefficient (Wildman–Crippen LogP) is -1.30. The Hall–Kier alpha value is -1.14. The Morgan fingerprint density at radius 1 is 1.50 bits per heavy atom. The molecule has 0 aromatic heterocycles. The molecule has 2 aliphatic heterocycles. The Labute approximate surface area is 107 Å². The van der Waals surface area contributed by atoms with Gasteiger partial charge in [-0.05, 0) is 19.4 Å². The fourth-order valence-corrected chi connectivity index (χ4v) is 2.63. The van der Waals surface area contributed by atoms with Gasteiger partial charge in [0.2, 0.25) is 11.8 Å². The molecule has 2 unspecified atom stereocenters. The zero-order valence-electron chi connectivity index (χ0n) is 10.5. The van der Waals surface area contributed by atoms with Crippen LogP contribution in [0.15, 0.2) is 0 Å². The molecule has 0 aromatic rings. The zero-order valence-corrected chi connectivity index (χ0v) is 10.5. The van der Waals surface area contributed by atoms with Crippen LogP contribution in [0.5, 0.6) is 0 Å². The molecule has 6 heteroatoms. The summed E-state index contributed by atoms with van der Waals surface area (Å²) in [6, 6.07) is 0.325. The molecule has 2 rings (SSSR count). The summed E-state index contributed by atoms with van der Waals surface area (Å²) in [6.45, 7) is 2.37. The van der Waals surface area contributed by atoms with Crippen molar-refractivity contribution in [2.24, 2.45) is 5.92 Å². The molecule has 2 amide bonds. The lowest BCUT2D eigenvalue weighted by Crippen LogP contribution is -2.45. The molecule has 3 N–H and O–H groups in total. The number of amides is 2. The van der Waals surface area contributed by atoms with E-state index in [-0.39, 0.29) is 30.8 Å². The molecule has 0 spiro atoms. The van der Waals surface area contributed by atoms with Crippen LogP contribution in [0, 0.1) is 5.92 Å². The van der Waals surface area contributed by atoms with Crippen molar-refractivity contribution >= 4 is 11.8 Å². The second-order valence-corrected chi connectivity index (χ2v) is 5.01. The summed E-state index contributed by atoms with van der Waals surface area (Å²) in [5, 5.41) is 15.1. The minimum atomic E-state index is -0.259. The Bertz CT molecular complexity index is 316. The summed E-state index contributed by atoms with van der Waals surface area (Å²) in [7, 11) is 0. The number of carbonyl (C=O) groups excluding carboxylic acids is 2. The van der Waals surface area contributed by atoms with Crippen molar-refractivity contribution in [3.63, 3.8) is 0 Å². The van der Waals surface area contributed by atoms with Crippen LogP contribution in [-0.2, 0) is 9.59 Å². The molecule has 2 aliphatic rings. The number of aliphatic hydroxyl groups is 1. The smallest absolute Gasteiger partial charge is 0.228 e. The molecule has 2 heterocycles. The van der Waals surface area contributed by atoms with E-state index in [0.29, 0.717) is 25.7 Å². The SMILES string of the molecule is O=C1CC(C(=O)N(CCO)CC2CCCN2)CN1. The molecular weight excluding hydrogens is 234 g/mol. The van der Waals surface area contributed by atoms with Crippen molar-refractivity contribution in [3.8, 4) is 0 Å². The number of hydrogen-bond acceptors (Lipinski definition) is 4. The first-order valence-electron chi connectivity index (χ1n) is 6.60. The number of carbonyl (C=O) groups is 2. The molecule has 2 saturated heterocycles. The highest BCUT2D eigenvalue weighted by Crippen LogP contribution is 2.14. The summed E-state index contributed by atoms with van der Waals surface area (Å²) in [5.41, 5.74) is 0. The third kappa shape index (κ3) is 3.20. The van der Waals surface area contributed by atoms with E-state index < -0.39 is 0 Å². The van der Waals surface area contributed by atoms with E-state index in [1.165, 1.54) is 0 Å². The molecule has 0 radical (unpaired) electrons. The van der Waals surface area contributed by atoms with Crippen LogP contribution >= 0.6 is 0 Å². The van der Waals surface area contributed by atoms with Gasteiger partial charge in [-0.25, -0.2) is 0 Å². The van der Waals surface area contributed by atoms with E-state index in [1.807, 2.05) is 0 Å². The second-order valence-electron chi connectivity index (χ2n) is 5.01. The zero-order chi connectivity index (χ0) is 13.0. The van der Waals surface area contributed by atoms with Gasteiger partial charge in [-0.15, -0.1) is 0 Å². The minimum Gasteiger partial charge on any atom is -0.395 e. The van der Waals surface area contributed by atoms with Crippen molar-refractivity contribution in [3.05, 3.63) is 0 Å². The third-order valence-corrected chi connectivity index (χ3v) is 3.61. The van der Waals surface area contributed by atoms with Gasteiger partial charge in [-0.2, -0.15) is 0 Å². The van der Waals surface area contributed by atoms with Crippen LogP contribution in [-0.4, -0.2) is 60.6 Å². The number of nitrogens with zero attached hydrogens (tertiary/aromatic N) is 1. The number of aliphatic hydroxyl groups excluding tert-OH is 1. The Kier molecular flexibility index (Phi) is 4.54. The van der Waals surface area contributed by atoms with Crippen LogP contribution in [0.2, 0.25) is 0 Å². The molecule has 2 atom stereocenters. The van der Waals surface area contributed by atoms with Gasteiger partial charge < -0.3 is 20.6 Å². The van der Waals surface area contributed by atoms with Crippen LogP contribution in [0.1, 0.15) is 19.3 Å². The lowest BCUT2D eigenvalue weighted by atomic mass is 10.1. The van der Waals surface area contributed by atoms with Crippen molar-refractivity contribution in [2.45, 2.75) is 25.3 Å². The lowest BCUT2D eigenvalue weighted by molar-refractivity contribution is -0.136. The quantitative estimate of drug-likeness (QED) is 0.570. The molecule has 0 saturated carbocycles. The number of rotatable bonds is 5. The normalized spacial score (nSPS) is 27.3. The van der Waals surface area contributed by atoms with Crippen molar-refractivity contribution in [2.75, 3.05) is 32.8 Å². The van der Waals surface area contributed by atoms with Crippen LogP contribution in [0.4, 0.5) is 0 Å². The monoisotopic (exact) mass is 255 g/mol. The molecule has 102 valence electrons. The summed E-state index contributed by atoms with van der Waals surface area (Å²) in [6.07, 6.45) is 2.48. The fraction of sp³-hybridized carbons (Fsp3) is 0.833. The number of hydrogen-bond donors (Lipinski definition) is 3. The van der Waals surface area contributed by atoms with Gasteiger partial charge in [-0.3, -0.25) is 9.59 Å². The maximum atomic E-state index is 12.3. The van der Waals surface area contributed by atoms with E-state index in [9.17, 15) is 9.59 Å². The van der Waals surface area contributed by atoms with Crippen molar-refractivity contribution in [1.29, 1.82) is 0 Å². The first-order chi connectivity index (χ1) is 8.70. The van der Waals surface area contributed by atoms with Gasteiger partial charge in [0.05, 0.1) is 12.5 Å². The van der Waals surface area contributed by atoms with E-state index in [2.05, 4.69) is 10.6 Å². The highest BCUT2D eigenvalue weighted by atomic mass is 16.3. The molecule has 6 nitrogen and oxygen atoms in total. The van der Waals surface area contributed by atoms with Gasteiger partial charge in [0.1, 0.15) is 0 Å². The molecule has 2 fully saturated rings. The minimum absolute atomic E-state index is 0.0175. The summed E-state index contributed by atoms with van der Waals surface area (Å²) >= 11 is 0. The van der Waals surface area contributed by atoms with Crippen LogP contribution < -0.4 is 10.6 Å². The highest BCUT2D eigenvalue weighted by molar-refractivity contribution is 5.89. The first-order valence-corrected chi connectivity index (χ1v) is 6.60. The van der Waals surface area contributed by atoms with E-state index >= 15 is 0 Å². The molecule has 0 bridgehead atoms. The molecular formula is C12H21N3O3. The Balaban J connectivity index is 1.90. The topological polar surface area (TPSA) is 81.7 Å². The first kappa shape index (κ1) is 13.3. The van der Waals surface area contributed by atoms with Gasteiger partial charge in [0, 0.05) is 32.1 Å². The predicted molar refractivity (Wildman–Crippen MR) is 65.8 cm³/mol. The summed E-state index contributed by atoms with van der Waals surface area (Å²) in [4.78, 5) is 25.1. The highest BCUT2D eigenvalue weighted by Gasteiger charge is 2.32. The second kappa shape index (κ2) is 6.15. The maximum Gasteiger partial charge on any atom is 0.228 e. The molecule has 0 aliphatic carbocycles. The molecule has 18 heavy (non-hydrogen) atoms. The van der Waals surface area contributed by atoms with Crippen molar-refractivity contribution in [1.82, 2.24) is 15.5 Å². The van der Waals surface area contributed by atoms with Gasteiger partial charge in [-0.1, -0.05) is 0 Å². The van der Waals surface area contributed by atoms with Gasteiger partial charge in [0.25, 0.3) is 0 Å². The Morgan fingerprint density at radius 2 is 2.33 bits per heavy atom. The van der Waals surface area contributed by atoms with Crippen molar-refractivity contribution < 1.29 is 14.7 Å². The average Bonchev–Trinajstić information content (AvgIpc) is 2.99. The summed E-state index contributed by atoms with van der Waals surface area (Å²) in [5.74, 6) is -0.335.